The maximum atomic E-state index is 12.5. The van der Waals surface area contributed by atoms with E-state index in [1.54, 1.807) is 18.2 Å². The minimum Gasteiger partial charge on any atom is -0.493 e. The van der Waals surface area contributed by atoms with Crippen LogP contribution in [-0.4, -0.2) is 24.5 Å². The average molecular weight is 528 g/mol. The number of anilines is 1. The number of hydrogen-bond acceptors (Lipinski definition) is 6. The molecule has 2 aromatic carbocycles. The van der Waals surface area contributed by atoms with E-state index in [1.807, 2.05) is 6.92 Å². The van der Waals surface area contributed by atoms with E-state index in [4.69, 9.17) is 21.1 Å². The smallest absolute Gasteiger partial charge is 0.294 e. The lowest BCUT2D eigenvalue weighted by Crippen LogP contribution is -2.14. The second-order valence-corrected chi connectivity index (χ2v) is 7.11. The number of amides is 1. The Labute approximate surface area is 185 Å². The van der Waals surface area contributed by atoms with Crippen molar-refractivity contribution >= 4 is 57.5 Å². The lowest BCUT2D eigenvalue weighted by atomic mass is 10.1. The molecule has 0 saturated carbocycles. The zero-order chi connectivity index (χ0) is 21.6. The minimum atomic E-state index is -0.791. The van der Waals surface area contributed by atoms with E-state index in [0.717, 1.165) is 9.64 Å². The summed E-state index contributed by atoms with van der Waals surface area (Å²) in [5, 5.41) is 23.1. The number of hydrogen-bond donors (Lipinski definition) is 1. The molecule has 0 aliphatic carbocycles. The molecule has 0 aliphatic rings. The summed E-state index contributed by atoms with van der Waals surface area (Å²) in [6.45, 7) is 2.30. The summed E-state index contributed by atoms with van der Waals surface area (Å²) in [5.41, 5.74) is -0.145. The van der Waals surface area contributed by atoms with Crippen LogP contribution >= 0.6 is 34.2 Å². The summed E-state index contributed by atoms with van der Waals surface area (Å²) in [5.74, 6) is 0.226. The molecule has 150 valence electrons. The number of nitriles is 1. The van der Waals surface area contributed by atoms with Crippen molar-refractivity contribution in [3.8, 4) is 17.6 Å². The predicted octanol–water partition coefficient (Wildman–Crippen LogP) is 4.81. The first-order valence-electron chi connectivity index (χ1n) is 8.18. The summed E-state index contributed by atoms with van der Waals surface area (Å²) in [6, 6.07) is 8.98. The molecule has 0 spiro atoms. The third-order valence-electron chi connectivity index (χ3n) is 3.62. The highest BCUT2D eigenvalue weighted by molar-refractivity contribution is 14.1. The van der Waals surface area contributed by atoms with Crippen molar-refractivity contribution in [1.82, 2.24) is 0 Å². The first kappa shape index (κ1) is 22.4. The van der Waals surface area contributed by atoms with Crippen LogP contribution in [0.3, 0.4) is 0 Å². The van der Waals surface area contributed by atoms with Gasteiger partial charge in [-0.2, -0.15) is 5.26 Å². The Kier molecular flexibility index (Phi) is 7.81. The Morgan fingerprint density at radius 2 is 2.14 bits per heavy atom. The molecule has 8 nitrogen and oxygen atoms in total. The van der Waals surface area contributed by atoms with Crippen molar-refractivity contribution in [3.63, 3.8) is 0 Å². The van der Waals surface area contributed by atoms with Crippen molar-refractivity contribution in [2.45, 2.75) is 6.92 Å². The highest BCUT2D eigenvalue weighted by Gasteiger charge is 2.19. The van der Waals surface area contributed by atoms with Crippen LogP contribution in [-0.2, 0) is 4.79 Å². The van der Waals surface area contributed by atoms with E-state index in [2.05, 4.69) is 27.9 Å². The van der Waals surface area contributed by atoms with Crippen molar-refractivity contribution in [3.05, 3.63) is 60.2 Å². The lowest BCUT2D eigenvalue weighted by molar-refractivity contribution is -0.383. The topological polar surface area (TPSA) is 114 Å². The summed E-state index contributed by atoms with van der Waals surface area (Å²) in [7, 11) is 1.49. The van der Waals surface area contributed by atoms with Crippen LogP contribution in [0, 0.1) is 25.0 Å². The predicted molar refractivity (Wildman–Crippen MR) is 117 cm³/mol. The molecule has 2 rings (SSSR count). The molecule has 0 saturated heterocycles. The number of nitro groups is 1. The van der Waals surface area contributed by atoms with Crippen LogP contribution in [0.15, 0.2) is 35.9 Å². The number of nitro benzene ring substituents is 1. The number of benzene rings is 2. The summed E-state index contributed by atoms with van der Waals surface area (Å²) in [4.78, 5) is 23.0. The second-order valence-electron chi connectivity index (χ2n) is 5.51. The maximum absolute atomic E-state index is 12.5. The normalized spacial score (nSPS) is 10.8. The van der Waals surface area contributed by atoms with E-state index in [9.17, 15) is 20.2 Å². The number of carbonyl (C=O) groups is 1. The lowest BCUT2D eigenvalue weighted by Gasteiger charge is -2.12. The van der Waals surface area contributed by atoms with Gasteiger partial charge in [-0.3, -0.25) is 14.9 Å². The summed E-state index contributed by atoms with van der Waals surface area (Å²) < 4.78 is 11.6. The van der Waals surface area contributed by atoms with Gasteiger partial charge in [-0.25, -0.2) is 0 Å². The fourth-order valence-corrected chi connectivity index (χ4v) is 3.32. The van der Waals surface area contributed by atoms with Gasteiger partial charge in [0.1, 0.15) is 17.3 Å². The average Bonchev–Trinajstić information content (AvgIpc) is 2.68. The molecule has 1 amide bonds. The highest BCUT2D eigenvalue weighted by atomic mass is 127. The zero-order valence-electron chi connectivity index (χ0n) is 15.4. The maximum Gasteiger partial charge on any atom is 0.294 e. The van der Waals surface area contributed by atoms with Crippen LogP contribution in [0.1, 0.15) is 12.5 Å². The third kappa shape index (κ3) is 5.58. The Morgan fingerprint density at radius 3 is 2.72 bits per heavy atom. The quantitative estimate of drug-likeness (QED) is 0.182. The van der Waals surface area contributed by atoms with Gasteiger partial charge in [0.2, 0.25) is 0 Å². The van der Waals surface area contributed by atoms with Crippen molar-refractivity contribution < 1.29 is 19.2 Å². The molecule has 0 radical (unpaired) electrons. The van der Waals surface area contributed by atoms with Gasteiger partial charge in [0, 0.05) is 11.1 Å². The van der Waals surface area contributed by atoms with Crippen molar-refractivity contribution in [2.24, 2.45) is 0 Å². The molecule has 1 N–H and O–H groups in total. The van der Waals surface area contributed by atoms with Gasteiger partial charge in [0.25, 0.3) is 11.6 Å². The Hall–Kier alpha value is -2.84. The van der Waals surface area contributed by atoms with Gasteiger partial charge >= 0.3 is 0 Å². The molecule has 2 aromatic rings. The van der Waals surface area contributed by atoms with Gasteiger partial charge in [-0.05, 0) is 65.4 Å². The Balaban J connectivity index is 2.38. The van der Waals surface area contributed by atoms with Crippen LogP contribution in [0.2, 0.25) is 5.02 Å². The number of carbonyl (C=O) groups excluding carboxylic acids is 1. The number of methoxy groups -OCH3 is 1. The summed E-state index contributed by atoms with van der Waals surface area (Å²) >= 11 is 7.83. The van der Waals surface area contributed by atoms with Crippen LogP contribution < -0.4 is 14.8 Å². The van der Waals surface area contributed by atoms with Gasteiger partial charge in [0.15, 0.2) is 11.5 Å². The van der Waals surface area contributed by atoms with E-state index in [-0.39, 0.29) is 22.0 Å². The van der Waals surface area contributed by atoms with Crippen LogP contribution in [0.4, 0.5) is 11.4 Å². The Bertz CT molecular complexity index is 1030. The fourth-order valence-electron chi connectivity index (χ4n) is 2.37. The molecule has 0 unspecified atom stereocenters. The number of nitrogens with one attached hydrogen (secondary N) is 1. The molecule has 0 aromatic heterocycles. The van der Waals surface area contributed by atoms with Gasteiger partial charge in [-0.1, -0.05) is 11.6 Å². The molecule has 0 atom stereocenters. The first-order chi connectivity index (χ1) is 13.8. The SMILES string of the molecule is CCOc1c(I)cc(/C=C(/C#N)C(=O)Nc2ccc(Cl)cc2[N+](=O)[O-])cc1OC. The molecule has 0 fully saturated rings. The van der Waals surface area contributed by atoms with Gasteiger partial charge < -0.3 is 14.8 Å². The zero-order valence-corrected chi connectivity index (χ0v) is 18.3. The molecule has 0 aliphatic heterocycles. The first-order valence-corrected chi connectivity index (χ1v) is 9.63. The van der Waals surface area contributed by atoms with E-state index >= 15 is 0 Å². The molecular formula is C19H15ClIN3O5. The second kappa shape index (κ2) is 10.1. The molecular weight excluding hydrogens is 513 g/mol. The molecule has 0 heterocycles. The van der Waals surface area contributed by atoms with Crippen molar-refractivity contribution in [1.29, 1.82) is 5.26 Å². The summed E-state index contributed by atoms with van der Waals surface area (Å²) in [6.07, 6.45) is 1.36. The van der Waals surface area contributed by atoms with E-state index < -0.39 is 10.8 Å². The van der Waals surface area contributed by atoms with Crippen molar-refractivity contribution in [2.75, 3.05) is 19.0 Å². The fraction of sp³-hybridized carbons (Fsp3) is 0.158. The third-order valence-corrected chi connectivity index (χ3v) is 4.66. The largest absolute Gasteiger partial charge is 0.493 e. The number of nitrogens with zero attached hydrogens (tertiary/aromatic N) is 2. The van der Waals surface area contributed by atoms with E-state index in [0.29, 0.717) is 23.7 Å². The van der Waals surface area contributed by atoms with Gasteiger partial charge in [0.05, 0.1) is 22.2 Å². The van der Waals surface area contributed by atoms with Gasteiger partial charge in [-0.15, -0.1) is 0 Å². The number of rotatable bonds is 7. The van der Waals surface area contributed by atoms with Crippen LogP contribution in [0.25, 0.3) is 6.08 Å². The Morgan fingerprint density at radius 1 is 1.41 bits per heavy atom. The molecule has 10 heteroatoms. The van der Waals surface area contributed by atoms with Crippen LogP contribution in [0.5, 0.6) is 11.5 Å². The molecule has 29 heavy (non-hydrogen) atoms. The molecule has 0 bridgehead atoms. The number of halogens is 2. The minimum absolute atomic E-state index is 0.0654. The van der Waals surface area contributed by atoms with E-state index in [1.165, 1.54) is 25.3 Å². The number of ether oxygens (including phenoxy) is 2. The highest BCUT2D eigenvalue weighted by Crippen LogP contribution is 2.35. The monoisotopic (exact) mass is 527 g/mol. The standard InChI is InChI=1S/C19H15ClIN3O5/c1-3-29-18-14(21)7-11(8-17(18)28-2)6-12(10-22)19(25)23-15-5-4-13(20)9-16(15)24(26)27/h4-9H,3H2,1-2H3,(H,23,25)/b12-6-.